The molecule has 0 aliphatic heterocycles. The lowest BCUT2D eigenvalue weighted by Crippen LogP contribution is -2.07. The molecule has 108 valence electrons. The Hall–Kier alpha value is -1.53. The van der Waals surface area contributed by atoms with Crippen LogP contribution in [0.4, 0.5) is 5.69 Å². The SMILES string of the molecule is CCn1cncc1CNc1cc(S(C)(=O)=O)ccc1Cl. The second-order valence-corrected chi connectivity index (χ2v) is 6.86. The van der Waals surface area contributed by atoms with Crippen LogP contribution in [0.1, 0.15) is 12.6 Å². The fourth-order valence-electron chi connectivity index (χ4n) is 1.84. The van der Waals surface area contributed by atoms with E-state index in [-0.39, 0.29) is 4.90 Å². The van der Waals surface area contributed by atoms with Crippen molar-refractivity contribution in [1.82, 2.24) is 9.55 Å². The van der Waals surface area contributed by atoms with Crippen LogP contribution in [0.5, 0.6) is 0 Å². The minimum Gasteiger partial charge on any atom is -0.378 e. The molecule has 5 nitrogen and oxygen atoms in total. The summed E-state index contributed by atoms with van der Waals surface area (Å²) in [5, 5.41) is 3.63. The van der Waals surface area contributed by atoms with Crippen molar-refractivity contribution >= 4 is 27.1 Å². The Morgan fingerprint density at radius 1 is 1.40 bits per heavy atom. The van der Waals surface area contributed by atoms with E-state index in [0.717, 1.165) is 12.2 Å². The van der Waals surface area contributed by atoms with Crippen molar-refractivity contribution in [1.29, 1.82) is 0 Å². The third-order valence-corrected chi connectivity index (χ3v) is 4.40. The van der Waals surface area contributed by atoms with Crippen LogP contribution < -0.4 is 5.32 Å². The number of hydrogen-bond acceptors (Lipinski definition) is 4. The number of aryl methyl sites for hydroxylation is 1. The minimum absolute atomic E-state index is 0.244. The molecule has 0 radical (unpaired) electrons. The van der Waals surface area contributed by atoms with Crippen LogP contribution in [0.25, 0.3) is 0 Å². The van der Waals surface area contributed by atoms with E-state index in [4.69, 9.17) is 11.6 Å². The van der Waals surface area contributed by atoms with Gasteiger partial charge in [0.1, 0.15) is 0 Å². The molecule has 1 aromatic carbocycles. The van der Waals surface area contributed by atoms with Gasteiger partial charge in [-0.15, -0.1) is 0 Å². The van der Waals surface area contributed by atoms with Crippen LogP contribution in [0.3, 0.4) is 0 Å². The Labute approximate surface area is 123 Å². The van der Waals surface area contributed by atoms with Crippen LogP contribution in [0, 0.1) is 0 Å². The zero-order chi connectivity index (χ0) is 14.8. The molecule has 0 fully saturated rings. The molecule has 7 heteroatoms. The van der Waals surface area contributed by atoms with Gasteiger partial charge in [-0.3, -0.25) is 0 Å². The van der Waals surface area contributed by atoms with Crippen molar-refractivity contribution in [3.05, 3.63) is 41.4 Å². The molecule has 0 spiro atoms. The van der Waals surface area contributed by atoms with Gasteiger partial charge in [-0.25, -0.2) is 13.4 Å². The maximum atomic E-state index is 11.5. The monoisotopic (exact) mass is 313 g/mol. The van der Waals surface area contributed by atoms with E-state index in [0.29, 0.717) is 17.3 Å². The third-order valence-electron chi connectivity index (χ3n) is 2.97. The lowest BCUT2D eigenvalue weighted by molar-refractivity contribution is 0.602. The highest BCUT2D eigenvalue weighted by molar-refractivity contribution is 7.90. The summed E-state index contributed by atoms with van der Waals surface area (Å²) in [5.41, 5.74) is 1.60. The average Bonchev–Trinajstić information content (AvgIpc) is 2.83. The van der Waals surface area contributed by atoms with Crippen LogP contribution in [0.2, 0.25) is 5.02 Å². The van der Waals surface area contributed by atoms with E-state index < -0.39 is 9.84 Å². The smallest absolute Gasteiger partial charge is 0.175 e. The van der Waals surface area contributed by atoms with Crippen molar-refractivity contribution in [2.75, 3.05) is 11.6 Å². The fraction of sp³-hybridized carbons (Fsp3) is 0.308. The summed E-state index contributed by atoms with van der Waals surface area (Å²) in [4.78, 5) is 4.32. The molecule has 0 aliphatic carbocycles. The third kappa shape index (κ3) is 3.32. The molecule has 1 N–H and O–H groups in total. The Balaban J connectivity index is 2.21. The molecule has 20 heavy (non-hydrogen) atoms. The predicted molar refractivity (Wildman–Crippen MR) is 79.8 cm³/mol. The normalized spacial score (nSPS) is 11.6. The van der Waals surface area contributed by atoms with Gasteiger partial charge in [0, 0.05) is 19.0 Å². The number of hydrogen-bond donors (Lipinski definition) is 1. The van der Waals surface area contributed by atoms with Gasteiger partial charge >= 0.3 is 0 Å². The molecule has 0 amide bonds. The van der Waals surface area contributed by atoms with E-state index in [1.165, 1.54) is 12.3 Å². The van der Waals surface area contributed by atoms with Gasteiger partial charge in [0.25, 0.3) is 0 Å². The number of anilines is 1. The van der Waals surface area contributed by atoms with Crippen LogP contribution in [0.15, 0.2) is 35.6 Å². The molecule has 2 rings (SSSR count). The van der Waals surface area contributed by atoms with Gasteiger partial charge < -0.3 is 9.88 Å². The van der Waals surface area contributed by atoms with Crippen molar-refractivity contribution in [2.45, 2.75) is 24.9 Å². The molecule has 0 unspecified atom stereocenters. The highest BCUT2D eigenvalue weighted by atomic mass is 35.5. The van der Waals surface area contributed by atoms with E-state index in [1.807, 2.05) is 11.5 Å². The van der Waals surface area contributed by atoms with Gasteiger partial charge in [0.05, 0.1) is 34.2 Å². The largest absolute Gasteiger partial charge is 0.378 e. The van der Waals surface area contributed by atoms with Gasteiger partial charge in [-0.2, -0.15) is 0 Å². The average molecular weight is 314 g/mol. The highest BCUT2D eigenvalue weighted by Crippen LogP contribution is 2.25. The first-order chi connectivity index (χ1) is 9.41. The Kier molecular flexibility index (Phi) is 4.35. The molecule has 0 atom stereocenters. The number of imidazole rings is 1. The van der Waals surface area contributed by atoms with E-state index >= 15 is 0 Å². The fourth-order valence-corrected chi connectivity index (χ4v) is 2.67. The molecule has 0 aliphatic rings. The maximum absolute atomic E-state index is 11.5. The lowest BCUT2D eigenvalue weighted by atomic mass is 10.3. The number of rotatable bonds is 5. The number of nitrogens with one attached hydrogen (secondary N) is 1. The topological polar surface area (TPSA) is 64.0 Å². The first-order valence-corrected chi connectivity index (χ1v) is 8.41. The quantitative estimate of drug-likeness (QED) is 0.921. The zero-order valence-electron chi connectivity index (χ0n) is 11.3. The summed E-state index contributed by atoms with van der Waals surface area (Å²) < 4.78 is 25.1. The summed E-state index contributed by atoms with van der Waals surface area (Å²) >= 11 is 6.08. The molecule has 1 aromatic heterocycles. The molecule has 0 saturated carbocycles. The number of aromatic nitrogens is 2. The van der Waals surface area contributed by atoms with Gasteiger partial charge in [-0.1, -0.05) is 11.6 Å². The Morgan fingerprint density at radius 3 is 2.80 bits per heavy atom. The summed E-state index contributed by atoms with van der Waals surface area (Å²) in [6.45, 7) is 3.39. The molecule has 2 aromatic rings. The first-order valence-electron chi connectivity index (χ1n) is 6.14. The van der Waals surface area contributed by atoms with Crippen molar-refractivity contribution in [3.63, 3.8) is 0 Å². The Morgan fingerprint density at radius 2 is 2.15 bits per heavy atom. The summed E-state index contributed by atoms with van der Waals surface area (Å²) in [5.74, 6) is 0. The Bertz CT molecular complexity index is 710. The van der Waals surface area contributed by atoms with E-state index in [2.05, 4.69) is 10.3 Å². The predicted octanol–water partition coefficient (Wildman–Crippen LogP) is 2.57. The number of benzene rings is 1. The van der Waals surface area contributed by atoms with Gasteiger partial charge in [0.15, 0.2) is 9.84 Å². The standard InChI is InChI=1S/C13H16ClN3O2S/c1-3-17-9-15-7-10(17)8-16-13-6-11(20(2,18)19)4-5-12(13)14/h4-7,9,16H,3,8H2,1-2H3. The summed E-state index contributed by atoms with van der Waals surface area (Å²) in [7, 11) is -3.24. The molecule has 0 saturated heterocycles. The maximum Gasteiger partial charge on any atom is 0.175 e. The van der Waals surface area contributed by atoms with Crippen molar-refractivity contribution < 1.29 is 8.42 Å². The lowest BCUT2D eigenvalue weighted by Gasteiger charge is -2.11. The second-order valence-electron chi connectivity index (χ2n) is 4.44. The van der Waals surface area contributed by atoms with Crippen LogP contribution >= 0.6 is 11.6 Å². The first kappa shape index (κ1) is 14.9. The van der Waals surface area contributed by atoms with Gasteiger partial charge in [-0.05, 0) is 25.1 Å². The molecular formula is C13H16ClN3O2S. The molecule has 1 heterocycles. The zero-order valence-corrected chi connectivity index (χ0v) is 12.9. The highest BCUT2D eigenvalue weighted by Gasteiger charge is 2.10. The summed E-state index contributed by atoms with van der Waals surface area (Å²) in [6.07, 6.45) is 4.70. The number of halogens is 1. The van der Waals surface area contributed by atoms with E-state index in [1.54, 1.807) is 24.7 Å². The van der Waals surface area contributed by atoms with Crippen LogP contribution in [-0.4, -0.2) is 24.2 Å². The summed E-state index contributed by atoms with van der Waals surface area (Å²) in [6, 6.07) is 4.63. The minimum atomic E-state index is -3.24. The number of nitrogens with zero attached hydrogens (tertiary/aromatic N) is 2. The van der Waals surface area contributed by atoms with Crippen molar-refractivity contribution in [3.8, 4) is 0 Å². The molecule has 0 bridgehead atoms. The van der Waals surface area contributed by atoms with Crippen LogP contribution in [-0.2, 0) is 22.9 Å². The van der Waals surface area contributed by atoms with Crippen molar-refractivity contribution in [2.24, 2.45) is 0 Å². The molecular weight excluding hydrogens is 298 g/mol. The van der Waals surface area contributed by atoms with E-state index in [9.17, 15) is 8.42 Å². The number of sulfone groups is 1. The van der Waals surface area contributed by atoms with Gasteiger partial charge in [0.2, 0.25) is 0 Å². The second kappa shape index (κ2) is 5.85.